The van der Waals surface area contributed by atoms with Crippen LogP contribution in [0.4, 0.5) is 5.00 Å². The lowest BCUT2D eigenvalue weighted by Gasteiger charge is -2.09. The second-order valence-corrected chi connectivity index (χ2v) is 6.63. The van der Waals surface area contributed by atoms with Crippen molar-refractivity contribution in [3.05, 3.63) is 54.4 Å². The molecule has 3 aromatic heterocycles. The molecule has 0 atom stereocenters. The number of oxazole rings is 1. The van der Waals surface area contributed by atoms with Crippen LogP contribution in [0.1, 0.15) is 10.4 Å². The van der Waals surface area contributed by atoms with E-state index in [9.17, 15) is 4.79 Å². The summed E-state index contributed by atoms with van der Waals surface area (Å²) in [7, 11) is 3.07. The summed E-state index contributed by atoms with van der Waals surface area (Å²) in [5, 5.41) is 3.55. The van der Waals surface area contributed by atoms with Crippen LogP contribution in [0.2, 0.25) is 0 Å². The van der Waals surface area contributed by atoms with Gasteiger partial charge in [0.1, 0.15) is 17.0 Å². The number of carbonyl (C=O) groups excluding carboxylic acids is 1. The van der Waals surface area contributed by atoms with Crippen molar-refractivity contribution in [2.24, 2.45) is 0 Å². The summed E-state index contributed by atoms with van der Waals surface area (Å²) in [5.74, 6) is 1.28. The molecule has 1 N–H and O–H groups in total. The fourth-order valence-corrected chi connectivity index (χ4v) is 3.40. The van der Waals surface area contributed by atoms with Gasteiger partial charge in [-0.1, -0.05) is 0 Å². The van der Waals surface area contributed by atoms with E-state index < -0.39 is 0 Å². The summed E-state index contributed by atoms with van der Waals surface area (Å²) in [4.78, 5) is 21.9. The van der Waals surface area contributed by atoms with Gasteiger partial charge in [0.25, 0.3) is 5.91 Å². The standard InChI is InChI=1S/C19H15N3O4S/c1-24-11-3-4-12(15(9-11)25-2)18(23)22-17-6-5-16(27-17)19-21-13-10-20-8-7-14(13)26-19/h3-10H,1-2H3,(H,22,23). The Morgan fingerprint density at radius 3 is 2.81 bits per heavy atom. The van der Waals surface area contributed by atoms with Crippen LogP contribution in [0.25, 0.3) is 21.9 Å². The van der Waals surface area contributed by atoms with Crippen molar-refractivity contribution < 1.29 is 18.7 Å². The van der Waals surface area contributed by atoms with Gasteiger partial charge in [-0.3, -0.25) is 9.78 Å². The van der Waals surface area contributed by atoms with E-state index in [1.807, 2.05) is 6.07 Å². The Bertz CT molecular complexity index is 1090. The van der Waals surface area contributed by atoms with Gasteiger partial charge in [0.15, 0.2) is 5.58 Å². The molecule has 7 nitrogen and oxygen atoms in total. The normalized spacial score (nSPS) is 10.7. The van der Waals surface area contributed by atoms with Crippen LogP contribution in [-0.4, -0.2) is 30.1 Å². The van der Waals surface area contributed by atoms with Gasteiger partial charge in [-0.2, -0.15) is 0 Å². The molecule has 1 aromatic carbocycles. The predicted molar refractivity (Wildman–Crippen MR) is 103 cm³/mol. The molecule has 0 saturated carbocycles. The maximum atomic E-state index is 12.6. The van der Waals surface area contributed by atoms with E-state index in [-0.39, 0.29) is 5.91 Å². The number of thiophene rings is 1. The summed E-state index contributed by atoms with van der Waals surface area (Å²) >= 11 is 1.37. The molecule has 0 aliphatic heterocycles. The Balaban J connectivity index is 1.56. The lowest BCUT2D eigenvalue weighted by atomic mass is 10.2. The summed E-state index contributed by atoms with van der Waals surface area (Å²) < 4.78 is 16.2. The first-order valence-corrected chi connectivity index (χ1v) is 8.83. The summed E-state index contributed by atoms with van der Waals surface area (Å²) in [5.41, 5.74) is 1.78. The Hall–Kier alpha value is -3.39. The second kappa shape index (κ2) is 7.08. The van der Waals surface area contributed by atoms with Gasteiger partial charge in [0.05, 0.1) is 35.9 Å². The number of rotatable bonds is 5. The van der Waals surface area contributed by atoms with Crippen molar-refractivity contribution in [1.82, 2.24) is 9.97 Å². The molecule has 136 valence electrons. The first-order valence-electron chi connectivity index (χ1n) is 8.02. The summed E-state index contributed by atoms with van der Waals surface area (Å²) in [6.45, 7) is 0. The van der Waals surface area contributed by atoms with Crippen molar-refractivity contribution in [1.29, 1.82) is 0 Å². The summed E-state index contributed by atoms with van der Waals surface area (Å²) in [6, 6.07) is 10.5. The van der Waals surface area contributed by atoms with Gasteiger partial charge < -0.3 is 19.2 Å². The minimum atomic E-state index is -0.273. The Morgan fingerprint density at radius 1 is 1.15 bits per heavy atom. The quantitative estimate of drug-likeness (QED) is 0.557. The minimum absolute atomic E-state index is 0.273. The molecule has 0 spiro atoms. The fraction of sp³-hybridized carbons (Fsp3) is 0.105. The van der Waals surface area contributed by atoms with Crippen molar-refractivity contribution >= 4 is 33.3 Å². The first kappa shape index (κ1) is 17.0. The molecular weight excluding hydrogens is 366 g/mol. The third kappa shape index (κ3) is 3.34. The van der Waals surface area contributed by atoms with Crippen LogP contribution in [0.5, 0.6) is 11.5 Å². The third-order valence-corrected chi connectivity index (χ3v) is 4.89. The van der Waals surface area contributed by atoms with Crippen molar-refractivity contribution in [3.8, 4) is 22.3 Å². The molecule has 0 bridgehead atoms. The molecule has 0 saturated heterocycles. The molecule has 4 rings (SSSR count). The lowest BCUT2D eigenvalue weighted by Crippen LogP contribution is -2.12. The highest BCUT2D eigenvalue weighted by Crippen LogP contribution is 2.33. The Morgan fingerprint density at radius 2 is 2.04 bits per heavy atom. The van der Waals surface area contributed by atoms with Crippen LogP contribution in [0.15, 0.2) is 53.2 Å². The van der Waals surface area contributed by atoms with Gasteiger partial charge in [-0.25, -0.2) is 4.98 Å². The molecule has 0 unspecified atom stereocenters. The van der Waals surface area contributed by atoms with E-state index in [1.54, 1.807) is 49.8 Å². The molecule has 4 aromatic rings. The highest BCUT2D eigenvalue weighted by Gasteiger charge is 2.16. The second-order valence-electron chi connectivity index (χ2n) is 5.55. The minimum Gasteiger partial charge on any atom is -0.497 e. The molecule has 0 aliphatic rings. The SMILES string of the molecule is COc1ccc(C(=O)Nc2ccc(-c3nc4cnccc4o3)s2)c(OC)c1. The number of ether oxygens (including phenoxy) is 2. The average Bonchev–Trinajstić information content (AvgIpc) is 3.33. The van der Waals surface area contributed by atoms with Crippen molar-refractivity contribution in [3.63, 3.8) is 0 Å². The number of methoxy groups -OCH3 is 2. The number of anilines is 1. The van der Waals surface area contributed by atoms with Gasteiger partial charge in [0.2, 0.25) is 5.89 Å². The molecule has 0 radical (unpaired) electrons. The molecule has 8 heteroatoms. The number of carbonyl (C=O) groups is 1. The van der Waals surface area contributed by atoms with Gasteiger partial charge in [0, 0.05) is 18.3 Å². The van der Waals surface area contributed by atoms with Crippen LogP contribution < -0.4 is 14.8 Å². The molecule has 1 amide bonds. The summed E-state index contributed by atoms with van der Waals surface area (Å²) in [6.07, 6.45) is 3.30. The molecule has 0 aliphatic carbocycles. The number of amides is 1. The Labute approximate surface area is 158 Å². The van der Waals surface area contributed by atoms with E-state index in [1.165, 1.54) is 18.4 Å². The van der Waals surface area contributed by atoms with Crippen molar-refractivity contribution in [2.75, 3.05) is 19.5 Å². The van der Waals surface area contributed by atoms with Crippen LogP contribution in [0.3, 0.4) is 0 Å². The topological polar surface area (TPSA) is 86.5 Å². The highest BCUT2D eigenvalue weighted by atomic mass is 32.1. The Kier molecular flexibility index (Phi) is 4.47. The van der Waals surface area contributed by atoms with Crippen LogP contribution in [-0.2, 0) is 0 Å². The molecular formula is C19H15N3O4S. The van der Waals surface area contributed by atoms with E-state index in [2.05, 4.69) is 15.3 Å². The number of aromatic nitrogens is 2. The zero-order valence-electron chi connectivity index (χ0n) is 14.6. The van der Waals surface area contributed by atoms with Crippen LogP contribution in [0, 0.1) is 0 Å². The smallest absolute Gasteiger partial charge is 0.260 e. The predicted octanol–water partition coefficient (Wildman–Crippen LogP) is 4.22. The van der Waals surface area contributed by atoms with Crippen molar-refractivity contribution in [2.45, 2.75) is 0 Å². The molecule has 3 heterocycles. The first-order chi connectivity index (χ1) is 13.2. The fourth-order valence-electron chi connectivity index (χ4n) is 2.57. The van der Waals surface area contributed by atoms with E-state index in [4.69, 9.17) is 13.9 Å². The third-order valence-electron chi connectivity index (χ3n) is 3.90. The number of fused-ring (bicyclic) bond motifs is 1. The van der Waals surface area contributed by atoms with Gasteiger partial charge in [-0.05, 0) is 24.3 Å². The maximum Gasteiger partial charge on any atom is 0.260 e. The number of nitrogens with one attached hydrogen (secondary N) is 1. The zero-order valence-corrected chi connectivity index (χ0v) is 15.4. The molecule has 0 fully saturated rings. The number of hydrogen-bond donors (Lipinski definition) is 1. The number of pyridine rings is 1. The zero-order chi connectivity index (χ0) is 18.8. The van der Waals surface area contributed by atoms with Gasteiger partial charge in [-0.15, -0.1) is 11.3 Å². The maximum absolute atomic E-state index is 12.6. The number of nitrogens with zero attached hydrogens (tertiary/aromatic N) is 2. The van der Waals surface area contributed by atoms with E-state index in [0.29, 0.717) is 39.1 Å². The van der Waals surface area contributed by atoms with E-state index in [0.717, 1.165) is 4.88 Å². The van der Waals surface area contributed by atoms with E-state index >= 15 is 0 Å². The van der Waals surface area contributed by atoms with Crippen LogP contribution >= 0.6 is 11.3 Å². The average molecular weight is 381 g/mol. The highest BCUT2D eigenvalue weighted by molar-refractivity contribution is 7.19. The monoisotopic (exact) mass is 381 g/mol. The van der Waals surface area contributed by atoms with Gasteiger partial charge >= 0.3 is 0 Å². The molecule has 27 heavy (non-hydrogen) atoms. The number of benzene rings is 1. The largest absolute Gasteiger partial charge is 0.497 e. The lowest BCUT2D eigenvalue weighted by molar-refractivity contribution is 0.102. The number of hydrogen-bond acceptors (Lipinski definition) is 7.